The molecule has 0 radical (unpaired) electrons. The van der Waals surface area contributed by atoms with Gasteiger partial charge in [0.25, 0.3) is 0 Å². The maximum atomic E-state index is 11.6. The van der Waals surface area contributed by atoms with Gasteiger partial charge in [0.05, 0.1) is 6.10 Å². The van der Waals surface area contributed by atoms with Crippen molar-refractivity contribution >= 4 is 5.91 Å². The first-order chi connectivity index (χ1) is 8.90. The van der Waals surface area contributed by atoms with Gasteiger partial charge in [0.1, 0.15) is 6.61 Å². The van der Waals surface area contributed by atoms with Crippen LogP contribution in [-0.2, 0) is 9.53 Å². The summed E-state index contributed by atoms with van der Waals surface area (Å²) in [6.45, 7) is 6.02. The van der Waals surface area contributed by atoms with E-state index in [1.165, 1.54) is 0 Å². The molecule has 1 amide bonds. The van der Waals surface area contributed by atoms with Crippen LogP contribution in [0, 0.1) is 16.0 Å². The molecule has 6 heteroatoms. The first kappa shape index (κ1) is 15.9. The van der Waals surface area contributed by atoms with Crippen molar-refractivity contribution < 1.29 is 14.5 Å². The molecule has 0 aromatic carbocycles. The smallest absolute Gasteiger partial charge is 0.246 e. The first-order valence-electron chi connectivity index (χ1n) is 6.94. The molecule has 19 heavy (non-hydrogen) atoms. The van der Waals surface area contributed by atoms with Crippen LogP contribution in [0.4, 0.5) is 0 Å². The van der Waals surface area contributed by atoms with Crippen LogP contribution in [0.15, 0.2) is 0 Å². The number of hydrogen-bond acceptors (Lipinski definition) is 4. The van der Waals surface area contributed by atoms with E-state index in [9.17, 15) is 14.9 Å². The minimum absolute atomic E-state index is 0.00778. The molecule has 1 saturated carbocycles. The molecular weight excluding hydrogens is 248 g/mol. The van der Waals surface area contributed by atoms with Crippen LogP contribution < -0.4 is 5.32 Å². The van der Waals surface area contributed by atoms with Crippen LogP contribution >= 0.6 is 0 Å². The Bertz CT molecular complexity index is 320. The highest BCUT2D eigenvalue weighted by Crippen LogP contribution is 2.22. The van der Waals surface area contributed by atoms with Crippen LogP contribution in [0.2, 0.25) is 0 Å². The maximum absolute atomic E-state index is 11.6. The Morgan fingerprint density at radius 2 is 2.11 bits per heavy atom. The van der Waals surface area contributed by atoms with E-state index in [1.54, 1.807) is 0 Å². The zero-order chi connectivity index (χ0) is 14.4. The van der Waals surface area contributed by atoms with E-state index in [0.29, 0.717) is 18.8 Å². The number of ether oxygens (including phenoxy) is 1. The Kier molecular flexibility index (Phi) is 6.21. The Morgan fingerprint density at radius 1 is 1.42 bits per heavy atom. The van der Waals surface area contributed by atoms with Gasteiger partial charge in [-0.15, -0.1) is 0 Å². The Labute approximate surface area is 114 Å². The molecule has 0 spiro atoms. The zero-order valence-electron chi connectivity index (χ0n) is 11.9. The summed E-state index contributed by atoms with van der Waals surface area (Å²) in [5.41, 5.74) is 0. The first-order valence-corrected chi connectivity index (χ1v) is 6.94. The molecule has 0 aromatic heterocycles. The van der Waals surface area contributed by atoms with Gasteiger partial charge in [0.2, 0.25) is 11.9 Å². The predicted molar refractivity (Wildman–Crippen MR) is 71.4 cm³/mol. The van der Waals surface area contributed by atoms with E-state index in [2.05, 4.69) is 5.32 Å². The number of nitrogens with one attached hydrogen (secondary N) is 1. The molecule has 1 aliphatic carbocycles. The fourth-order valence-electron chi connectivity index (χ4n) is 2.12. The highest BCUT2D eigenvalue weighted by molar-refractivity contribution is 5.77. The summed E-state index contributed by atoms with van der Waals surface area (Å²) in [7, 11) is 0. The summed E-state index contributed by atoms with van der Waals surface area (Å²) in [5, 5.41) is 13.6. The number of nitrogens with zero attached hydrogens (tertiary/aromatic N) is 1. The molecule has 3 atom stereocenters. The van der Waals surface area contributed by atoms with Gasteiger partial charge in [-0.25, -0.2) is 0 Å². The lowest BCUT2D eigenvalue weighted by atomic mass is 9.93. The zero-order valence-corrected chi connectivity index (χ0v) is 11.9. The third-order valence-corrected chi connectivity index (χ3v) is 3.74. The van der Waals surface area contributed by atoms with Crippen molar-refractivity contribution in [3.8, 4) is 0 Å². The molecular formula is C13H24N2O4. The van der Waals surface area contributed by atoms with Crippen LogP contribution in [-0.4, -0.2) is 35.6 Å². The third-order valence-electron chi connectivity index (χ3n) is 3.74. The SMILES string of the molecule is CC(C)[C@@H](C)NC(=O)COC1CCCC([N+](=O)[O-])C1. The fourth-order valence-corrected chi connectivity index (χ4v) is 2.12. The van der Waals surface area contributed by atoms with Crippen molar-refractivity contribution in [2.45, 2.75) is 64.6 Å². The summed E-state index contributed by atoms with van der Waals surface area (Å²) in [6.07, 6.45) is 2.46. The molecule has 0 heterocycles. The van der Waals surface area contributed by atoms with Gasteiger partial charge in [-0.1, -0.05) is 13.8 Å². The largest absolute Gasteiger partial charge is 0.368 e. The Hall–Kier alpha value is -1.17. The van der Waals surface area contributed by atoms with Gasteiger partial charge in [0, 0.05) is 23.8 Å². The maximum Gasteiger partial charge on any atom is 0.246 e. The molecule has 6 nitrogen and oxygen atoms in total. The lowest BCUT2D eigenvalue weighted by Gasteiger charge is -2.24. The number of hydrogen-bond donors (Lipinski definition) is 1. The van der Waals surface area contributed by atoms with Crippen molar-refractivity contribution in [3.63, 3.8) is 0 Å². The summed E-state index contributed by atoms with van der Waals surface area (Å²) < 4.78 is 5.49. The Balaban J connectivity index is 2.28. The lowest BCUT2D eigenvalue weighted by molar-refractivity contribution is -0.528. The molecule has 110 valence electrons. The number of carbonyl (C=O) groups is 1. The van der Waals surface area contributed by atoms with E-state index >= 15 is 0 Å². The number of nitro groups is 1. The second-order valence-corrected chi connectivity index (χ2v) is 5.64. The van der Waals surface area contributed by atoms with Crippen molar-refractivity contribution in [1.29, 1.82) is 0 Å². The van der Waals surface area contributed by atoms with Gasteiger partial charge in [0.15, 0.2) is 0 Å². The van der Waals surface area contributed by atoms with E-state index < -0.39 is 6.04 Å². The van der Waals surface area contributed by atoms with Gasteiger partial charge < -0.3 is 10.1 Å². The van der Waals surface area contributed by atoms with E-state index in [4.69, 9.17) is 4.74 Å². The summed E-state index contributed by atoms with van der Waals surface area (Å²) in [5.74, 6) is 0.224. The molecule has 1 aliphatic rings. The van der Waals surface area contributed by atoms with Gasteiger partial charge in [-0.05, 0) is 25.7 Å². The fraction of sp³-hybridized carbons (Fsp3) is 0.923. The van der Waals surface area contributed by atoms with Gasteiger partial charge >= 0.3 is 0 Å². The van der Waals surface area contributed by atoms with Gasteiger partial charge in [-0.2, -0.15) is 0 Å². The number of carbonyl (C=O) groups excluding carboxylic acids is 1. The third kappa shape index (κ3) is 5.55. The van der Waals surface area contributed by atoms with Crippen LogP contribution in [0.1, 0.15) is 46.5 Å². The molecule has 1 N–H and O–H groups in total. The molecule has 0 bridgehead atoms. The van der Waals surface area contributed by atoms with E-state index in [-0.39, 0.29) is 29.6 Å². The minimum atomic E-state index is -0.517. The van der Waals surface area contributed by atoms with Gasteiger partial charge in [-0.3, -0.25) is 14.9 Å². The van der Waals surface area contributed by atoms with Crippen molar-refractivity contribution in [2.75, 3.05) is 6.61 Å². The van der Waals surface area contributed by atoms with E-state index in [0.717, 1.165) is 12.8 Å². The topological polar surface area (TPSA) is 81.5 Å². The van der Waals surface area contributed by atoms with Crippen molar-refractivity contribution in [2.24, 2.45) is 5.92 Å². The summed E-state index contributed by atoms with van der Waals surface area (Å²) >= 11 is 0. The molecule has 0 saturated heterocycles. The standard InChI is InChI=1S/C13H24N2O4/c1-9(2)10(3)14-13(16)8-19-12-6-4-5-11(7-12)15(17)18/h9-12H,4-8H2,1-3H3,(H,14,16)/t10-,11?,12?/m1/s1. The van der Waals surface area contributed by atoms with Crippen LogP contribution in [0.25, 0.3) is 0 Å². The highest BCUT2D eigenvalue weighted by Gasteiger charge is 2.30. The highest BCUT2D eigenvalue weighted by atomic mass is 16.6. The second kappa shape index (κ2) is 7.43. The van der Waals surface area contributed by atoms with E-state index in [1.807, 2.05) is 20.8 Å². The molecule has 2 unspecified atom stereocenters. The lowest BCUT2D eigenvalue weighted by Crippen LogP contribution is -2.40. The average molecular weight is 272 g/mol. The Morgan fingerprint density at radius 3 is 2.68 bits per heavy atom. The normalized spacial score (nSPS) is 25.1. The molecule has 1 rings (SSSR count). The van der Waals surface area contributed by atoms with Crippen molar-refractivity contribution in [3.05, 3.63) is 10.1 Å². The predicted octanol–water partition coefficient (Wildman–Crippen LogP) is 1.75. The monoisotopic (exact) mass is 272 g/mol. The van der Waals surface area contributed by atoms with Crippen molar-refractivity contribution in [1.82, 2.24) is 5.32 Å². The minimum Gasteiger partial charge on any atom is -0.368 e. The molecule has 0 aromatic rings. The summed E-state index contributed by atoms with van der Waals surface area (Å²) in [6, 6.07) is -0.412. The second-order valence-electron chi connectivity index (χ2n) is 5.64. The number of amides is 1. The summed E-state index contributed by atoms with van der Waals surface area (Å²) in [4.78, 5) is 22.1. The molecule has 1 fully saturated rings. The number of rotatable bonds is 6. The quantitative estimate of drug-likeness (QED) is 0.590. The van der Waals surface area contributed by atoms with Crippen LogP contribution in [0.5, 0.6) is 0 Å². The van der Waals surface area contributed by atoms with Crippen LogP contribution in [0.3, 0.4) is 0 Å². The average Bonchev–Trinajstić information content (AvgIpc) is 2.36. The molecule has 0 aliphatic heterocycles.